The molecule has 2 aliphatic rings. The van der Waals surface area contributed by atoms with Gasteiger partial charge < -0.3 is 4.90 Å². The van der Waals surface area contributed by atoms with E-state index in [1.54, 1.807) is 12.1 Å². The molecule has 2 atom stereocenters. The van der Waals surface area contributed by atoms with E-state index in [1.165, 1.54) is 12.8 Å². The summed E-state index contributed by atoms with van der Waals surface area (Å²) in [6.45, 7) is 3.14. The fraction of sp³-hybridized carbons (Fsp3) is 0.444. The second-order valence-electron chi connectivity index (χ2n) is 6.58. The van der Waals surface area contributed by atoms with Gasteiger partial charge in [-0.3, -0.25) is 0 Å². The standard InChI is InChI=1S/C18H20FN3/c1-12-10-16(14-4-2-3-5-15(14)19)22(11-12)17-8-9-20-18(21-17)13-6-7-13/h2-5,8-9,12-13,16H,6-7,10-11H2,1H3. The molecule has 0 amide bonds. The molecule has 2 unspecified atom stereocenters. The summed E-state index contributed by atoms with van der Waals surface area (Å²) in [6, 6.07) is 9.13. The molecule has 22 heavy (non-hydrogen) atoms. The molecular formula is C18H20FN3. The zero-order chi connectivity index (χ0) is 15.1. The van der Waals surface area contributed by atoms with Crippen LogP contribution in [0.15, 0.2) is 36.5 Å². The van der Waals surface area contributed by atoms with Gasteiger partial charge in [-0.15, -0.1) is 0 Å². The summed E-state index contributed by atoms with van der Waals surface area (Å²) in [5.41, 5.74) is 0.776. The van der Waals surface area contributed by atoms with E-state index < -0.39 is 0 Å². The van der Waals surface area contributed by atoms with Gasteiger partial charge >= 0.3 is 0 Å². The maximum atomic E-state index is 14.2. The van der Waals surface area contributed by atoms with Gasteiger partial charge in [0.1, 0.15) is 17.5 Å². The molecule has 0 bridgehead atoms. The molecule has 2 heterocycles. The van der Waals surface area contributed by atoms with Crippen molar-refractivity contribution in [1.29, 1.82) is 0 Å². The van der Waals surface area contributed by atoms with E-state index in [4.69, 9.17) is 4.98 Å². The van der Waals surface area contributed by atoms with Crippen molar-refractivity contribution in [3.05, 3.63) is 53.7 Å². The van der Waals surface area contributed by atoms with Crippen LogP contribution in [0.3, 0.4) is 0 Å². The van der Waals surface area contributed by atoms with Crippen molar-refractivity contribution in [3.8, 4) is 0 Å². The van der Waals surface area contributed by atoms with E-state index in [1.807, 2.05) is 24.4 Å². The summed E-state index contributed by atoms with van der Waals surface area (Å²) in [5.74, 6) is 2.83. The molecular weight excluding hydrogens is 277 g/mol. The van der Waals surface area contributed by atoms with Crippen LogP contribution in [0.25, 0.3) is 0 Å². The SMILES string of the molecule is CC1CC(c2ccccc2F)N(c2ccnc(C3CC3)n2)C1. The number of hydrogen-bond donors (Lipinski definition) is 0. The monoisotopic (exact) mass is 297 g/mol. The van der Waals surface area contributed by atoms with E-state index in [0.717, 1.165) is 30.2 Å². The first-order valence-electron chi connectivity index (χ1n) is 8.06. The highest BCUT2D eigenvalue weighted by Crippen LogP contribution is 2.41. The van der Waals surface area contributed by atoms with Crippen molar-refractivity contribution in [3.63, 3.8) is 0 Å². The molecule has 1 aliphatic heterocycles. The molecule has 114 valence electrons. The largest absolute Gasteiger partial charge is 0.349 e. The van der Waals surface area contributed by atoms with Gasteiger partial charge in [0.05, 0.1) is 6.04 Å². The Morgan fingerprint density at radius 1 is 1.18 bits per heavy atom. The summed E-state index contributed by atoms with van der Waals surface area (Å²) < 4.78 is 14.2. The first kappa shape index (κ1) is 13.7. The van der Waals surface area contributed by atoms with E-state index in [2.05, 4.69) is 16.8 Å². The van der Waals surface area contributed by atoms with Gasteiger partial charge in [-0.2, -0.15) is 0 Å². The zero-order valence-corrected chi connectivity index (χ0v) is 12.7. The number of hydrogen-bond acceptors (Lipinski definition) is 3. The second kappa shape index (κ2) is 5.34. The maximum Gasteiger partial charge on any atom is 0.133 e. The predicted octanol–water partition coefficient (Wildman–Crippen LogP) is 4.08. The Hall–Kier alpha value is -1.97. The van der Waals surface area contributed by atoms with Crippen LogP contribution >= 0.6 is 0 Å². The summed E-state index contributed by atoms with van der Waals surface area (Å²) >= 11 is 0. The van der Waals surface area contributed by atoms with Crippen molar-refractivity contribution in [2.75, 3.05) is 11.4 Å². The third-order valence-corrected chi connectivity index (χ3v) is 4.67. The van der Waals surface area contributed by atoms with E-state index in [-0.39, 0.29) is 11.9 Å². The minimum Gasteiger partial charge on any atom is -0.349 e. The highest BCUT2D eigenvalue weighted by Gasteiger charge is 2.34. The molecule has 4 rings (SSSR count). The maximum absolute atomic E-state index is 14.2. The van der Waals surface area contributed by atoms with Crippen LogP contribution in [0.4, 0.5) is 10.2 Å². The Labute approximate surface area is 130 Å². The third kappa shape index (κ3) is 2.47. The molecule has 0 radical (unpaired) electrons. The molecule has 1 aliphatic carbocycles. The van der Waals surface area contributed by atoms with Gasteiger partial charge in [0.15, 0.2) is 0 Å². The smallest absolute Gasteiger partial charge is 0.133 e. The summed E-state index contributed by atoms with van der Waals surface area (Å²) in [4.78, 5) is 11.4. The lowest BCUT2D eigenvalue weighted by Crippen LogP contribution is -2.25. The molecule has 1 saturated heterocycles. The van der Waals surface area contributed by atoms with Crippen LogP contribution in [0.5, 0.6) is 0 Å². The van der Waals surface area contributed by atoms with Crippen LogP contribution in [0.2, 0.25) is 0 Å². The Bertz CT molecular complexity index is 684. The minimum atomic E-state index is -0.122. The molecule has 1 saturated carbocycles. The van der Waals surface area contributed by atoms with Gasteiger partial charge in [0.25, 0.3) is 0 Å². The highest BCUT2D eigenvalue weighted by atomic mass is 19.1. The fourth-order valence-corrected chi connectivity index (χ4v) is 3.40. The van der Waals surface area contributed by atoms with Crippen LogP contribution in [-0.2, 0) is 0 Å². The highest BCUT2D eigenvalue weighted by molar-refractivity contribution is 5.44. The molecule has 4 heteroatoms. The number of benzene rings is 1. The quantitative estimate of drug-likeness (QED) is 0.854. The third-order valence-electron chi connectivity index (χ3n) is 4.67. The number of aromatic nitrogens is 2. The summed E-state index contributed by atoms with van der Waals surface area (Å²) in [6.07, 6.45) is 5.19. The fourth-order valence-electron chi connectivity index (χ4n) is 3.40. The molecule has 3 nitrogen and oxygen atoms in total. The van der Waals surface area contributed by atoms with Crippen molar-refractivity contribution in [1.82, 2.24) is 9.97 Å². The molecule has 1 aromatic carbocycles. The van der Waals surface area contributed by atoms with Crippen molar-refractivity contribution in [2.45, 2.75) is 38.1 Å². The van der Waals surface area contributed by atoms with Crippen molar-refractivity contribution < 1.29 is 4.39 Å². The lowest BCUT2D eigenvalue weighted by atomic mass is 10.0. The Morgan fingerprint density at radius 2 is 2.00 bits per heavy atom. The van der Waals surface area contributed by atoms with E-state index in [9.17, 15) is 4.39 Å². The normalized spacial score (nSPS) is 24.7. The van der Waals surface area contributed by atoms with Crippen LogP contribution < -0.4 is 4.90 Å². The Balaban J connectivity index is 1.69. The molecule has 2 fully saturated rings. The van der Waals surface area contributed by atoms with Gasteiger partial charge in [-0.1, -0.05) is 25.1 Å². The van der Waals surface area contributed by atoms with Crippen molar-refractivity contribution in [2.24, 2.45) is 5.92 Å². The topological polar surface area (TPSA) is 29.0 Å². The van der Waals surface area contributed by atoms with Gasteiger partial charge in [-0.25, -0.2) is 14.4 Å². The second-order valence-corrected chi connectivity index (χ2v) is 6.58. The molecule has 0 spiro atoms. The lowest BCUT2D eigenvalue weighted by molar-refractivity contribution is 0.563. The molecule has 1 aromatic heterocycles. The number of nitrogens with zero attached hydrogens (tertiary/aromatic N) is 3. The Morgan fingerprint density at radius 3 is 2.77 bits per heavy atom. The predicted molar refractivity (Wildman–Crippen MR) is 84.3 cm³/mol. The molecule has 0 N–H and O–H groups in total. The van der Waals surface area contributed by atoms with Gasteiger partial charge in [-0.05, 0) is 37.3 Å². The van der Waals surface area contributed by atoms with Crippen LogP contribution in [0.1, 0.15) is 49.5 Å². The van der Waals surface area contributed by atoms with Crippen LogP contribution in [-0.4, -0.2) is 16.5 Å². The van der Waals surface area contributed by atoms with E-state index in [0.29, 0.717) is 11.8 Å². The van der Waals surface area contributed by atoms with Gasteiger partial charge in [0, 0.05) is 24.2 Å². The number of anilines is 1. The van der Waals surface area contributed by atoms with E-state index >= 15 is 0 Å². The summed E-state index contributed by atoms with van der Waals surface area (Å²) in [7, 11) is 0. The molecule has 2 aromatic rings. The Kier molecular flexibility index (Phi) is 3.32. The van der Waals surface area contributed by atoms with Crippen molar-refractivity contribution >= 4 is 5.82 Å². The first-order valence-corrected chi connectivity index (χ1v) is 8.06. The van der Waals surface area contributed by atoms with Gasteiger partial charge in [0.2, 0.25) is 0 Å². The lowest BCUT2D eigenvalue weighted by Gasteiger charge is -2.26. The average molecular weight is 297 g/mol. The first-order chi connectivity index (χ1) is 10.7. The zero-order valence-electron chi connectivity index (χ0n) is 12.7. The minimum absolute atomic E-state index is 0.0677. The summed E-state index contributed by atoms with van der Waals surface area (Å²) in [5, 5.41) is 0. The van der Waals surface area contributed by atoms with Crippen LogP contribution in [0, 0.1) is 11.7 Å². The average Bonchev–Trinajstić information content (AvgIpc) is 3.31. The number of rotatable bonds is 3. The number of halogens is 1.